The predicted octanol–water partition coefficient (Wildman–Crippen LogP) is -1.17. The standard InChI is InChI=1S/C10H12N4O4/c15-3-7-5(16)1-6(18-7)9-11-2-4-8(13-9)14-10(17)12-4/h2,5-7,15-16H,1,3H2,(H2,11,12,13,14,17)/t5-,6+,7+/m0/s1. The molecule has 1 fully saturated rings. The molecule has 8 heteroatoms. The number of ether oxygens (including phenoxy) is 1. The summed E-state index contributed by atoms with van der Waals surface area (Å²) in [7, 11) is 0. The summed E-state index contributed by atoms with van der Waals surface area (Å²) in [5, 5.41) is 18.6. The molecule has 0 radical (unpaired) electrons. The maximum absolute atomic E-state index is 11.1. The quantitative estimate of drug-likeness (QED) is 0.534. The van der Waals surface area contributed by atoms with Gasteiger partial charge in [-0.1, -0.05) is 0 Å². The predicted molar refractivity (Wildman–Crippen MR) is 59.8 cm³/mol. The lowest BCUT2D eigenvalue weighted by molar-refractivity contribution is -0.0246. The Hall–Kier alpha value is -1.77. The number of fused-ring (bicyclic) bond motifs is 1. The van der Waals surface area contributed by atoms with Gasteiger partial charge in [-0.05, 0) is 0 Å². The number of aliphatic hydroxyl groups excluding tert-OH is 2. The number of aliphatic hydroxyl groups is 2. The third kappa shape index (κ3) is 1.80. The van der Waals surface area contributed by atoms with Gasteiger partial charge < -0.3 is 19.9 Å². The van der Waals surface area contributed by atoms with E-state index in [-0.39, 0.29) is 12.3 Å². The van der Waals surface area contributed by atoms with Crippen molar-refractivity contribution in [1.82, 2.24) is 19.9 Å². The number of H-pyrrole nitrogens is 2. The Morgan fingerprint density at radius 2 is 2.33 bits per heavy atom. The van der Waals surface area contributed by atoms with Crippen LogP contribution in [-0.2, 0) is 4.74 Å². The number of rotatable bonds is 2. The topological polar surface area (TPSA) is 124 Å². The normalized spacial score (nSPS) is 28.0. The third-order valence-corrected chi connectivity index (χ3v) is 2.98. The van der Waals surface area contributed by atoms with Gasteiger partial charge in [0.05, 0.1) is 18.9 Å². The van der Waals surface area contributed by atoms with Gasteiger partial charge in [-0.2, -0.15) is 0 Å². The molecular weight excluding hydrogens is 240 g/mol. The molecule has 0 unspecified atom stereocenters. The van der Waals surface area contributed by atoms with E-state index in [0.717, 1.165) is 0 Å². The van der Waals surface area contributed by atoms with Crippen molar-refractivity contribution in [1.29, 1.82) is 0 Å². The van der Waals surface area contributed by atoms with E-state index in [1.165, 1.54) is 6.20 Å². The molecule has 1 saturated heterocycles. The molecule has 3 atom stereocenters. The Bertz CT molecular complexity index is 622. The third-order valence-electron chi connectivity index (χ3n) is 2.98. The van der Waals surface area contributed by atoms with Gasteiger partial charge in [0.15, 0.2) is 11.5 Å². The summed E-state index contributed by atoms with van der Waals surface area (Å²) in [5.41, 5.74) is 0.564. The number of hydrogen-bond acceptors (Lipinski definition) is 6. The molecule has 3 heterocycles. The highest BCUT2D eigenvalue weighted by atomic mass is 16.5. The minimum Gasteiger partial charge on any atom is -0.394 e. The molecule has 0 saturated carbocycles. The SMILES string of the molecule is O=c1[nH]c2cnc([C@H]3C[C@H](O)[C@@H](CO)O3)nc2[nH]1. The molecule has 0 amide bonds. The summed E-state index contributed by atoms with van der Waals surface area (Å²) in [6, 6.07) is 0. The second kappa shape index (κ2) is 4.16. The Morgan fingerprint density at radius 1 is 1.50 bits per heavy atom. The van der Waals surface area contributed by atoms with Crippen LogP contribution in [0.3, 0.4) is 0 Å². The van der Waals surface area contributed by atoms with E-state index in [1.54, 1.807) is 0 Å². The second-order valence-electron chi connectivity index (χ2n) is 4.22. The number of hydrogen-bond donors (Lipinski definition) is 4. The van der Waals surface area contributed by atoms with Gasteiger partial charge in [0, 0.05) is 6.42 Å². The smallest absolute Gasteiger partial charge is 0.325 e. The summed E-state index contributed by atoms with van der Waals surface area (Å²) in [5.74, 6) is 0.382. The van der Waals surface area contributed by atoms with E-state index in [9.17, 15) is 9.90 Å². The van der Waals surface area contributed by atoms with E-state index in [0.29, 0.717) is 23.4 Å². The zero-order valence-corrected chi connectivity index (χ0v) is 9.33. The molecule has 18 heavy (non-hydrogen) atoms. The zero-order valence-electron chi connectivity index (χ0n) is 9.33. The fourth-order valence-corrected chi connectivity index (χ4v) is 2.06. The van der Waals surface area contributed by atoms with Crippen molar-refractivity contribution >= 4 is 11.2 Å². The van der Waals surface area contributed by atoms with Crippen LogP contribution >= 0.6 is 0 Å². The van der Waals surface area contributed by atoms with E-state index in [1.807, 2.05) is 0 Å². The highest BCUT2D eigenvalue weighted by molar-refractivity contribution is 5.68. The van der Waals surface area contributed by atoms with Crippen molar-refractivity contribution in [2.24, 2.45) is 0 Å². The van der Waals surface area contributed by atoms with Crippen LogP contribution in [0.5, 0.6) is 0 Å². The summed E-state index contributed by atoms with van der Waals surface area (Å²) in [4.78, 5) is 24.4. The lowest BCUT2D eigenvalue weighted by atomic mass is 10.1. The molecule has 1 aliphatic rings. The lowest BCUT2D eigenvalue weighted by Crippen LogP contribution is -2.24. The molecule has 0 aromatic carbocycles. The molecule has 96 valence electrons. The van der Waals surface area contributed by atoms with E-state index in [2.05, 4.69) is 19.9 Å². The van der Waals surface area contributed by atoms with Gasteiger partial charge in [0.25, 0.3) is 0 Å². The van der Waals surface area contributed by atoms with Crippen molar-refractivity contribution in [3.63, 3.8) is 0 Å². The molecule has 2 aromatic rings. The first-order valence-corrected chi connectivity index (χ1v) is 5.56. The average Bonchev–Trinajstić information content (AvgIpc) is 2.89. The first-order chi connectivity index (χ1) is 8.67. The maximum atomic E-state index is 11.1. The van der Waals surface area contributed by atoms with Crippen LogP contribution < -0.4 is 5.69 Å². The Morgan fingerprint density at radius 3 is 3.06 bits per heavy atom. The fraction of sp³-hybridized carbons (Fsp3) is 0.500. The molecule has 8 nitrogen and oxygen atoms in total. The van der Waals surface area contributed by atoms with E-state index in [4.69, 9.17) is 9.84 Å². The monoisotopic (exact) mass is 252 g/mol. The largest absolute Gasteiger partial charge is 0.394 e. The number of aromatic amines is 2. The summed E-state index contributed by atoms with van der Waals surface area (Å²) in [6.07, 6.45) is -0.00715. The van der Waals surface area contributed by atoms with E-state index >= 15 is 0 Å². The molecule has 4 N–H and O–H groups in total. The van der Waals surface area contributed by atoms with Crippen LogP contribution in [0, 0.1) is 0 Å². The molecule has 0 spiro atoms. The summed E-state index contributed by atoms with van der Waals surface area (Å²) in [6.45, 7) is -0.249. The van der Waals surface area contributed by atoms with Crippen LogP contribution in [0.25, 0.3) is 11.2 Å². The number of nitrogens with zero attached hydrogens (tertiary/aromatic N) is 2. The van der Waals surface area contributed by atoms with Crippen molar-refractivity contribution in [3.8, 4) is 0 Å². The van der Waals surface area contributed by atoms with E-state index < -0.39 is 18.3 Å². The molecule has 0 bridgehead atoms. The molecular formula is C10H12N4O4. The first kappa shape index (κ1) is 11.3. The molecule has 2 aromatic heterocycles. The van der Waals surface area contributed by atoms with Gasteiger partial charge >= 0.3 is 5.69 Å². The Kier molecular flexibility index (Phi) is 2.62. The number of imidazole rings is 1. The van der Waals surface area contributed by atoms with Crippen LogP contribution in [0.4, 0.5) is 0 Å². The van der Waals surface area contributed by atoms with Gasteiger partial charge in [-0.25, -0.2) is 14.8 Å². The average molecular weight is 252 g/mol. The Labute approximate surface area is 101 Å². The number of aromatic nitrogens is 4. The zero-order chi connectivity index (χ0) is 12.7. The van der Waals surface area contributed by atoms with Crippen LogP contribution in [-0.4, -0.2) is 49.0 Å². The van der Waals surface area contributed by atoms with Gasteiger partial charge in [0.2, 0.25) is 0 Å². The molecule has 0 aliphatic carbocycles. The fourth-order valence-electron chi connectivity index (χ4n) is 2.06. The Balaban J connectivity index is 1.93. The van der Waals surface area contributed by atoms with Gasteiger partial charge in [0.1, 0.15) is 17.7 Å². The van der Waals surface area contributed by atoms with Crippen molar-refractivity contribution in [2.45, 2.75) is 24.7 Å². The highest BCUT2D eigenvalue weighted by Crippen LogP contribution is 2.31. The van der Waals surface area contributed by atoms with Crippen LogP contribution in [0.2, 0.25) is 0 Å². The number of nitrogens with one attached hydrogen (secondary N) is 2. The highest BCUT2D eigenvalue weighted by Gasteiger charge is 2.35. The summed E-state index contributed by atoms with van der Waals surface area (Å²) < 4.78 is 5.44. The van der Waals surface area contributed by atoms with Crippen molar-refractivity contribution in [2.75, 3.05) is 6.61 Å². The van der Waals surface area contributed by atoms with Crippen LogP contribution in [0.1, 0.15) is 18.3 Å². The summed E-state index contributed by atoms with van der Waals surface area (Å²) >= 11 is 0. The van der Waals surface area contributed by atoms with Crippen LogP contribution in [0.15, 0.2) is 11.0 Å². The minimum atomic E-state index is -0.732. The second-order valence-corrected chi connectivity index (χ2v) is 4.22. The molecule has 3 rings (SSSR count). The maximum Gasteiger partial charge on any atom is 0.325 e. The van der Waals surface area contributed by atoms with Gasteiger partial charge in [-0.15, -0.1) is 0 Å². The lowest BCUT2D eigenvalue weighted by Gasteiger charge is -2.10. The van der Waals surface area contributed by atoms with Crippen molar-refractivity contribution < 1.29 is 14.9 Å². The van der Waals surface area contributed by atoms with Crippen molar-refractivity contribution in [3.05, 3.63) is 22.5 Å². The molecule has 1 aliphatic heterocycles. The first-order valence-electron chi connectivity index (χ1n) is 5.56. The van der Waals surface area contributed by atoms with Gasteiger partial charge in [-0.3, -0.25) is 4.98 Å². The minimum absolute atomic E-state index is 0.249.